The number of benzene rings is 2. The van der Waals surface area contributed by atoms with Crippen molar-refractivity contribution in [3.8, 4) is 0 Å². The van der Waals surface area contributed by atoms with E-state index in [2.05, 4.69) is 71.0 Å². The second kappa shape index (κ2) is 9.70. The molecular weight excluding hydrogens is 338 g/mol. The average Bonchev–Trinajstić information content (AvgIpc) is 2.69. The van der Waals surface area contributed by atoms with Crippen LogP contribution >= 0.6 is 12.2 Å². The van der Waals surface area contributed by atoms with Gasteiger partial charge in [0.1, 0.15) is 0 Å². The summed E-state index contributed by atoms with van der Waals surface area (Å²) in [6.07, 6.45) is 5.08. The lowest BCUT2D eigenvalue weighted by atomic mass is 10.0. The third-order valence-corrected chi connectivity index (χ3v) is 5.27. The zero-order valence-electron chi connectivity index (χ0n) is 15.6. The molecule has 1 saturated heterocycles. The Bertz CT molecular complexity index is 706. The molecule has 1 heterocycles. The summed E-state index contributed by atoms with van der Waals surface area (Å²) >= 11 is 5.47. The number of rotatable bonds is 6. The normalized spacial score (nSPS) is 14.8. The Morgan fingerprint density at radius 1 is 0.962 bits per heavy atom. The maximum Gasteiger partial charge on any atom is 0.171 e. The molecule has 0 bridgehead atoms. The molecule has 3 rings (SSSR count). The Hall–Kier alpha value is -1.91. The smallest absolute Gasteiger partial charge is 0.171 e. The average molecular weight is 368 g/mol. The molecular formula is C22H29N3S. The highest BCUT2D eigenvalue weighted by atomic mass is 32.1. The van der Waals surface area contributed by atoms with Crippen molar-refractivity contribution >= 4 is 23.0 Å². The van der Waals surface area contributed by atoms with Gasteiger partial charge < -0.3 is 10.6 Å². The van der Waals surface area contributed by atoms with Gasteiger partial charge in [-0.1, -0.05) is 49.7 Å². The highest BCUT2D eigenvalue weighted by molar-refractivity contribution is 7.80. The van der Waals surface area contributed by atoms with Gasteiger partial charge in [0.05, 0.1) is 0 Å². The molecule has 0 spiro atoms. The molecule has 0 saturated carbocycles. The van der Waals surface area contributed by atoms with E-state index < -0.39 is 0 Å². The van der Waals surface area contributed by atoms with Gasteiger partial charge in [0.15, 0.2) is 5.11 Å². The van der Waals surface area contributed by atoms with Gasteiger partial charge in [0.25, 0.3) is 0 Å². The largest absolute Gasteiger partial charge is 0.358 e. The fourth-order valence-corrected chi connectivity index (χ4v) is 3.61. The van der Waals surface area contributed by atoms with Crippen LogP contribution in [0.3, 0.4) is 0 Å². The predicted octanol–water partition coefficient (Wildman–Crippen LogP) is 4.72. The number of thiocarbonyl (C=S) groups is 1. The summed E-state index contributed by atoms with van der Waals surface area (Å²) in [5.41, 5.74) is 5.09. The highest BCUT2D eigenvalue weighted by Crippen LogP contribution is 2.16. The number of nitrogens with zero attached hydrogens (tertiary/aromatic N) is 1. The molecule has 0 unspecified atom stereocenters. The van der Waals surface area contributed by atoms with Gasteiger partial charge in [-0.05, 0) is 73.4 Å². The van der Waals surface area contributed by atoms with Gasteiger partial charge in [0, 0.05) is 18.8 Å². The summed E-state index contributed by atoms with van der Waals surface area (Å²) in [5.74, 6) is 0. The van der Waals surface area contributed by atoms with E-state index in [4.69, 9.17) is 12.2 Å². The molecule has 0 atom stereocenters. The lowest BCUT2D eigenvalue weighted by molar-refractivity contribution is 0.220. The summed E-state index contributed by atoms with van der Waals surface area (Å²) in [4.78, 5) is 2.56. The second-order valence-corrected chi connectivity index (χ2v) is 7.37. The van der Waals surface area contributed by atoms with E-state index in [1.165, 1.54) is 49.0 Å². The number of nitrogens with one attached hydrogen (secondary N) is 2. The third kappa shape index (κ3) is 5.55. The maximum atomic E-state index is 5.47. The number of hydrogen-bond donors (Lipinski definition) is 2. The fraction of sp³-hybridized carbons (Fsp3) is 0.409. The number of aryl methyl sites for hydroxylation is 1. The van der Waals surface area contributed by atoms with Crippen LogP contribution < -0.4 is 10.6 Å². The van der Waals surface area contributed by atoms with Crippen molar-refractivity contribution in [2.24, 2.45) is 0 Å². The number of likely N-dealkylation sites (tertiary alicyclic amines) is 1. The lowest BCUT2D eigenvalue weighted by Gasteiger charge is -2.27. The van der Waals surface area contributed by atoms with E-state index in [9.17, 15) is 0 Å². The lowest BCUT2D eigenvalue weighted by Crippen LogP contribution is -2.31. The predicted molar refractivity (Wildman–Crippen MR) is 114 cm³/mol. The van der Waals surface area contributed by atoms with Gasteiger partial charge in [-0.2, -0.15) is 0 Å². The Balaban J connectivity index is 1.54. The molecule has 3 nitrogen and oxygen atoms in total. The van der Waals surface area contributed by atoms with Crippen molar-refractivity contribution < 1.29 is 0 Å². The molecule has 26 heavy (non-hydrogen) atoms. The van der Waals surface area contributed by atoms with Crippen LogP contribution in [-0.2, 0) is 19.5 Å². The highest BCUT2D eigenvalue weighted by Gasteiger charge is 2.12. The molecule has 0 aromatic heterocycles. The van der Waals surface area contributed by atoms with E-state index in [0.29, 0.717) is 5.11 Å². The van der Waals surface area contributed by atoms with Crippen LogP contribution in [0.5, 0.6) is 0 Å². The van der Waals surface area contributed by atoms with E-state index >= 15 is 0 Å². The van der Waals surface area contributed by atoms with Gasteiger partial charge in [-0.3, -0.25) is 4.90 Å². The Morgan fingerprint density at radius 3 is 2.35 bits per heavy atom. The van der Waals surface area contributed by atoms with Crippen molar-refractivity contribution in [3.05, 3.63) is 65.2 Å². The van der Waals surface area contributed by atoms with Crippen molar-refractivity contribution in [2.75, 3.05) is 18.4 Å². The van der Waals surface area contributed by atoms with Crippen molar-refractivity contribution in [3.63, 3.8) is 0 Å². The van der Waals surface area contributed by atoms with Crippen LogP contribution in [0.25, 0.3) is 0 Å². The van der Waals surface area contributed by atoms with E-state index in [1.54, 1.807) is 0 Å². The van der Waals surface area contributed by atoms with Gasteiger partial charge in [-0.25, -0.2) is 0 Å². The summed E-state index contributed by atoms with van der Waals surface area (Å²) in [6, 6.07) is 17.1. The molecule has 0 aliphatic carbocycles. The van der Waals surface area contributed by atoms with E-state index in [0.717, 1.165) is 25.2 Å². The molecule has 1 aliphatic rings. The third-order valence-electron chi connectivity index (χ3n) is 5.02. The van der Waals surface area contributed by atoms with Gasteiger partial charge in [-0.15, -0.1) is 0 Å². The van der Waals surface area contributed by atoms with Crippen LogP contribution in [0.2, 0.25) is 0 Å². The van der Waals surface area contributed by atoms with E-state index in [1.807, 2.05) is 0 Å². The minimum atomic E-state index is 0.669. The summed E-state index contributed by atoms with van der Waals surface area (Å²) in [6.45, 7) is 6.39. The zero-order valence-corrected chi connectivity index (χ0v) is 16.4. The quantitative estimate of drug-likeness (QED) is 0.722. The number of piperidine rings is 1. The first kappa shape index (κ1) is 18.9. The number of anilines is 1. The van der Waals surface area contributed by atoms with Crippen LogP contribution in [0, 0.1) is 0 Å². The first-order chi connectivity index (χ1) is 12.7. The monoisotopic (exact) mass is 367 g/mol. The molecule has 1 fully saturated rings. The first-order valence-corrected chi connectivity index (χ1v) is 10.1. The van der Waals surface area contributed by atoms with Crippen LogP contribution in [0.4, 0.5) is 5.69 Å². The topological polar surface area (TPSA) is 27.3 Å². The maximum absolute atomic E-state index is 5.47. The second-order valence-electron chi connectivity index (χ2n) is 6.96. The summed E-state index contributed by atoms with van der Waals surface area (Å²) in [5, 5.41) is 7.30. The van der Waals surface area contributed by atoms with Crippen LogP contribution in [-0.4, -0.2) is 23.1 Å². The molecule has 0 radical (unpaired) electrons. The van der Waals surface area contributed by atoms with Crippen molar-refractivity contribution in [1.82, 2.24) is 10.2 Å². The SMILES string of the molecule is CCc1ccc(NC(=S)NCc2ccccc2CN2CCCCC2)cc1. The molecule has 2 aromatic rings. The first-order valence-electron chi connectivity index (χ1n) is 9.67. The van der Waals surface area contributed by atoms with E-state index in [-0.39, 0.29) is 0 Å². The van der Waals surface area contributed by atoms with Crippen LogP contribution in [0.1, 0.15) is 42.9 Å². The Kier molecular flexibility index (Phi) is 7.04. The fourth-order valence-electron chi connectivity index (χ4n) is 3.42. The number of hydrogen-bond acceptors (Lipinski definition) is 2. The Labute approximate surface area is 162 Å². The Morgan fingerprint density at radius 2 is 1.65 bits per heavy atom. The molecule has 138 valence electrons. The standard InChI is InChI=1S/C22H29N3S/c1-2-18-10-12-21(13-11-18)24-22(26)23-16-19-8-4-5-9-20(19)17-25-14-6-3-7-15-25/h4-5,8-13H,2-3,6-7,14-17H2,1H3,(H2,23,24,26). The van der Waals surface area contributed by atoms with Gasteiger partial charge in [0.2, 0.25) is 0 Å². The van der Waals surface area contributed by atoms with Crippen molar-refractivity contribution in [1.29, 1.82) is 0 Å². The summed E-state index contributed by atoms with van der Waals surface area (Å²) in [7, 11) is 0. The van der Waals surface area contributed by atoms with Crippen LogP contribution in [0.15, 0.2) is 48.5 Å². The molecule has 4 heteroatoms. The zero-order chi connectivity index (χ0) is 18.2. The molecule has 2 N–H and O–H groups in total. The van der Waals surface area contributed by atoms with Crippen molar-refractivity contribution in [2.45, 2.75) is 45.7 Å². The summed E-state index contributed by atoms with van der Waals surface area (Å²) < 4.78 is 0. The molecule has 1 aliphatic heterocycles. The molecule has 0 amide bonds. The van der Waals surface area contributed by atoms with Gasteiger partial charge >= 0.3 is 0 Å². The molecule has 2 aromatic carbocycles. The minimum Gasteiger partial charge on any atom is -0.358 e. The minimum absolute atomic E-state index is 0.669.